The summed E-state index contributed by atoms with van der Waals surface area (Å²) in [5.74, 6) is -0.0649. The van der Waals surface area contributed by atoms with Crippen LogP contribution in [-0.2, 0) is 9.53 Å². The van der Waals surface area contributed by atoms with Crippen LogP contribution >= 0.6 is 11.3 Å². The molecule has 2 aromatic rings. The molecule has 0 aliphatic rings. The fourth-order valence-electron chi connectivity index (χ4n) is 3.59. The zero-order chi connectivity index (χ0) is 21.6. The molecule has 2 atom stereocenters. The van der Waals surface area contributed by atoms with Gasteiger partial charge < -0.3 is 10.1 Å². The summed E-state index contributed by atoms with van der Waals surface area (Å²) in [4.78, 5) is 26.1. The lowest BCUT2D eigenvalue weighted by Gasteiger charge is -2.22. The highest BCUT2D eigenvalue weighted by atomic mass is 32.1. The van der Waals surface area contributed by atoms with Crippen molar-refractivity contribution in [3.63, 3.8) is 0 Å². The highest BCUT2D eigenvalue weighted by molar-refractivity contribution is 7.16. The van der Waals surface area contributed by atoms with Gasteiger partial charge in [0, 0.05) is 17.2 Å². The Morgan fingerprint density at radius 3 is 2.38 bits per heavy atom. The van der Waals surface area contributed by atoms with Crippen molar-refractivity contribution in [3.05, 3.63) is 52.4 Å². The third kappa shape index (κ3) is 7.00. The number of carbonyl (C=O) groups is 2. The van der Waals surface area contributed by atoms with Gasteiger partial charge in [0.25, 0.3) is 0 Å². The first-order valence-electron chi connectivity index (χ1n) is 10.3. The average Bonchev–Trinajstić information content (AvgIpc) is 3.04. The maximum absolute atomic E-state index is 12.6. The molecular formula is C24H33NO3S. The van der Waals surface area contributed by atoms with Crippen LogP contribution in [0.4, 0.5) is 5.00 Å². The van der Waals surface area contributed by atoms with Crippen LogP contribution in [0.1, 0.15) is 81.1 Å². The van der Waals surface area contributed by atoms with E-state index in [1.54, 1.807) is 6.92 Å². The summed E-state index contributed by atoms with van der Waals surface area (Å²) < 4.78 is 5.21. The van der Waals surface area contributed by atoms with Crippen LogP contribution in [-0.4, -0.2) is 18.5 Å². The first kappa shape index (κ1) is 23.1. The Kier molecular flexibility index (Phi) is 8.03. The van der Waals surface area contributed by atoms with Gasteiger partial charge in [-0.3, -0.25) is 4.79 Å². The third-order valence-corrected chi connectivity index (χ3v) is 5.95. The van der Waals surface area contributed by atoms with Gasteiger partial charge in [-0.25, -0.2) is 4.79 Å². The molecule has 29 heavy (non-hydrogen) atoms. The van der Waals surface area contributed by atoms with Crippen molar-refractivity contribution < 1.29 is 14.3 Å². The highest BCUT2D eigenvalue weighted by Gasteiger charge is 2.23. The summed E-state index contributed by atoms with van der Waals surface area (Å²) in [7, 11) is 0. The number of anilines is 1. The molecule has 0 radical (unpaired) electrons. The number of hydrogen-bond acceptors (Lipinski definition) is 4. The SMILES string of the molecule is CCOC(=O)c1cc([C@H](C)c2ccccc2)sc1NC(=O)C[C@H](C)CC(C)(C)C. The molecule has 1 aromatic carbocycles. The molecular weight excluding hydrogens is 382 g/mol. The average molecular weight is 416 g/mol. The van der Waals surface area contributed by atoms with E-state index in [4.69, 9.17) is 4.74 Å². The van der Waals surface area contributed by atoms with Crippen LogP contribution in [0.5, 0.6) is 0 Å². The van der Waals surface area contributed by atoms with E-state index < -0.39 is 5.97 Å². The third-order valence-electron chi connectivity index (χ3n) is 4.72. The predicted molar refractivity (Wildman–Crippen MR) is 121 cm³/mol. The van der Waals surface area contributed by atoms with E-state index in [2.05, 4.69) is 52.1 Å². The second-order valence-electron chi connectivity index (χ2n) is 8.87. The Bertz CT molecular complexity index is 820. The van der Waals surface area contributed by atoms with Crippen molar-refractivity contribution in [1.82, 2.24) is 0 Å². The smallest absolute Gasteiger partial charge is 0.341 e. The number of benzene rings is 1. The van der Waals surface area contributed by atoms with Gasteiger partial charge in [-0.2, -0.15) is 0 Å². The zero-order valence-electron chi connectivity index (χ0n) is 18.4. The minimum Gasteiger partial charge on any atom is -0.462 e. The molecule has 0 unspecified atom stereocenters. The van der Waals surface area contributed by atoms with Crippen LogP contribution in [0.15, 0.2) is 36.4 Å². The number of hydrogen-bond donors (Lipinski definition) is 1. The minimum atomic E-state index is -0.395. The zero-order valence-corrected chi connectivity index (χ0v) is 19.2. The van der Waals surface area contributed by atoms with Crippen LogP contribution in [0, 0.1) is 11.3 Å². The molecule has 0 aliphatic heterocycles. The molecule has 0 fully saturated rings. The molecule has 2 rings (SSSR count). The molecule has 0 saturated carbocycles. The van der Waals surface area contributed by atoms with Crippen LogP contribution in [0.2, 0.25) is 0 Å². The standard InChI is InChI=1S/C24H33NO3S/c1-7-28-23(27)19-14-20(17(3)18-11-9-8-10-12-18)29-22(19)25-21(26)13-16(2)15-24(4,5)6/h8-12,14,16-17H,7,13,15H2,1-6H3,(H,25,26)/t16-,17+/m0/s1. The van der Waals surface area contributed by atoms with E-state index >= 15 is 0 Å². The minimum absolute atomic E-state index is 0.0620. The molecule has 0 bridgehead atoms. The van der Waals surface area contributed by atoms with E-state index in [1.165, 1.54) is 16.9 Å². The summed E-state index contributed by atoms with van der Waals surface area (Å²) in [6.45, 7) is 12.8. The van der Waals surface area contributed by atoms with Crippen LogP contribution in [0.25, 0.3) is 0 Å². The number of rotatable bonds is 8. The van der Waals surface area contributed by atoms with Gasteiger partial charge >= 0.3 is 5.97 Å². The molecule has 1 heterocycles. The molecule has 0 aliphatic carbocycles. The number of amides is 1. The Hall–Kier alpha value is -2.14. The second-order valence-corrected chi connectivity index (χ2v) is 9.95. The van der Waals surface area contributed by atoms with Gasteiger partial charge in [-0.15, -0.1) is 11.3 Å². The molecule has 1 aromatic heterocycles. The van der Waals surface area contributed by atoms with Gasteiger partial charge in [0.05, 0.1) is 12.2 Å². The van der Waals surface area contributed by atoms with Crippen molar-refractivity contribution in [2.24, 2.45) is 11.3 Å². The lowest BCUT2D eigenvalue weighted by Crippen LogP contribution is -2.19. The van der Waals surface area contributed by atoms with Crippen molar-refractivity contribution >= 4 is 28.2 Å². The summed E-state index contributed by atoms with van der Waals surface area (Å²) in [6, 6.07) is 12.0. The molecule has 5 heteroatoms. The maximum atomic E-state index is 12.6. The number of carbonyl (C=O) groups excluding carboxylic acids is 2. The van der Waals surface area contributed by atoms with E-state index in [0.29, 0.717) is 23.6 Å². The maximum Gasteiger partial charge on any atom is 0.341 e. The van der Waals surface area contributed by atoms with Crippen LogP contribution < -0.4 is 5.32 Å². The van der Waals surface area contributed by atoms with Crippen LogP contribution in [0.3, 0.4) is 0 Å². The Labute approximate surface area is 178 Å². The molecule has 4 nitrogen and oxygen atoms in total. The molecule has 1 N–H and O–H groups in total. The monoisotopic (exact) mass is 415 g/mol. The molecule has 0 spiro atoms. The fraction of sp³-hybridized carbons (Fsp3) is 0.500. The lowest BCUT2D eigenvalue weighted by atomic mass is 9.84. The van der Waals surface area contributed by atoms with E-state index in [9.17, 15) is 9.59 Å². The van der Waals surface area contributed by atoms with Gasteiger partial charge in [0.1, 0.15) is 5.00 Å². The first-order valence-corrected chi connectivity index (χ1v) is 11.1. The first-order chi connectivity index (χ1) is 13.6. The van der Waals surface area contributed by atoms with Crippen molar-refractivity contribution in [1.29, 1.82) is 0 Å². The molecule has 0 saturated heterocycles. The number of ether oxygens (including phenoxy) is 1. The predicted octanol–water partition coefficient (Wildman–Crippen LogP) is 6.48. The molecule has 1 amide bonds. The number of thiophene rings is 1. The largest absolute Gasteiger partial charge is 0.462 e. The Morgan fingerprint density at radius 1 is 1.14 bits per heavy atom. The van der Waals surface area contributed by atoms with E-state index in [-0.39, 0.29) is 23.2 Å². The summed E-state index contributed by atoms with van der Waals surface area (Å²) in [5.41, 5.74) is 1.78. The van der Waals surface area contributed by atoms with Gasteiger partial charge in [-0.1, -0.05) is 65.0 Å². The summed E-state index contributed by atoms with van der Waals surface area (Å²) in [6.07, 6.45) is 1.40. The Morgan fingerprint density at radius 2 is 1.79 bits per heavy atom. The molecule has 158 valence electrons. The summed E-state index contributed by atoms with van der Waals surface area (Å²) >= 11 is 1.45. The fourth-order valence-corrected chi connectivity index (χ4v) is 4.74. The Balaban J connectivity index is 2.21. The van der Waals surface area contributed by atoms with E-state index in [0.717, 1.165) is 11.3 Å². The van der Waals surface area contributed by atoms with Crippen molar-refractivity contribution in [3.8, 4) is 0 Å². The van der Waals surface area contributed by atoms with Gasteiger partial charge in [0.15, 0.2) is 0 Å². The number of nitrogens with one attached hydrogen (secondary N) is 1. The topological polar surface area (TPSA) is 55.4 Å². The summed E-state index contributed by atoms with van der Waals surface area (Å²) in [5, 5.41) is 3.55. The van der Waals surface area contributed by atoms with E-state index in [1.807, 2.05) is 24.3 Å². The highest BCUT2D eigenvalue weighted by Crippen LogP contribution is 2.37. The normalized spacial score (nSPS) is 13.6. The van der Waals surface area contributed by atoms with Gasteiger partial charge in [0.2, 0.25) is 5.91 Å². The van der Waals surface area contributed by atoms with Crippen molar-refractivity contribution in [2.75, 3.05) is 11.9 Å². The lowest BCUT2D eigenvalue weighted by molar-refractivity contribution is -0.117. The quantitative estimate of drug-likeness (QED) is 0.502. The van der Waals surface area contributed by atoms with Crippen molar-refractivity contribution in [2.45, 2.75) is 60.3 Å². The second kappa shape index (κ2) is 10.1. The number of esters is 1. The van der Waals surface area contributed by atoms with Gasteiger partial charge in [-0.05, 0) is 36.3 Å².